The molecule has 8 nitrogen and oxygen atoms in total. The van der Waals surface area contributed by atoms with Crippen molar-refractivity contribution in [2.24, 2.45) is 5.73 Å². The number of carbonyl (C=O) groups is 2. The van der Waals surface area contributed by atoms with Crippen molar-refractivity contribution < 1.29 is 18.7 Å². The molecule has 35 heavy (non-hydrogen) atoms. The zero-order valence-corrected chi connectivity index (χ0v) is 21.3. The summed E-state index contributed by atoms with van der Waals surface area (Å²) in [5, 5.41) is 1.48. The Morgan fingerprint density at radius 3 is 2.60 bits per heavy atom. The molecule has 2 aromatic carbocycles. The molecule has 2 heterocycles. The third-order valence-corrected chi connectivity index (χ3v) is 6.74. The molecular weight excluding hydrogens is 511 g/mol. The SMILES string of the molecule is CCCCNSN(C(=O)c1ccc2oc3c(OC)ccc(C(N)=O)c3c2c1)c1c(Cl)cncc1Cl. The quantitative estimate of drug-likeness (QED) is 0.201. The van der Waals surface area contributed by atoms with Gasteiger partial charge in [0.1, 0.15) is 5.58 Å². The summed E-state index contributed by atoms with van der Waals surface area (Å²) in [6.07, 6.45) is 4.77. The first-order chi connectivity index (χ1) is 16.9. The Kier molecular flexibility index (Phi) is 7.71. The lowest BCUT2D eigenvalue weighted by Crippen LogP contribution is -2.28. The van der Waals surface area contributed by atoms with Gasteiger partial charge in [0.25, 0.3) is 5.91 Å². The topological polar surface area (TPSA) is 111 Å². The van der Waals surface area contributed by atoms with E-state index in [1.807, 2.05) is 0 Å². The van der Waals surface area contributed by atoms with Gasteiger partial charge < -0.3 is 14.9 Å². The Bertz CT molecular complexity index is 1410. The smallest absolute Gasteiger partial charge is 0.269 e. The second-order valence-corrected chi connectivity index (χ2v) is 9.24. The highest BCUT2D eigenvalue weighted by Gasteiger charge is 2.26. The van der Waals surface area contributed by atoms with Crippen molar-refractivity contribution in [3.63, 3.8) is 0 Å². The number of nitrogens with two attached hydrogens (primary N) is 1. The van der Waals surface area contributed by atoms with Crippen LogP contribution in [0.15, 0.2) is 47.1 Å². The number of anilines is 1. The number of hydrogen-bond donors (Lipinski definition) is 2. The number of hydrogen-bond acceptors (Lipinski definition) is 7. The zero-order chi connectivity index (χ0) is 25.1. The number of ether oxygens (including phenoxy) is 1. The third kappa shape index (κ3) is 4.90. The van der Waals surface area contributed by atoms with Crippen LogP contribution in [0.3, 0.4) is 0 Å². The highest BCUT2D eigenvalue weighted by atomic mass is 35.5. The van der Waals surface area contributed by atoms with E-state index in [9.17, 15) is 9.59 Å². The van der Waals surface area contributed by atoms with Gasteiger partial charge in [-0.25, -0.2) is 9.03 Å². The molecule has 0 aliphatic heterocycles. The van der Waals surface area contributed by atoms with Gasteiger partial charge in [0.2, 0.25) is 5.91 Å². The van der Waals surface area contributed by atoms with E-state index in [0.29, 0.717) is 45.5 Å². The number of rotatable bonds is 9. The lowest BCUT2D eigenvalue weighted by Gasteiger charge is -2.23. The number of carbonyl (C=O) groups excluding carboxylic acids is 2. The molecule has 0 aliphatic carbocycles. The molecule has 0 fully saturated rings. The molecular formula is C24H22Cl2N4O4S. The molecule has 2 amide bonds. The van der Waals surface area contributed by atoms with Crippen molar-refractivity contribution >= 4 is 74.8 Å². The predicted molar refractivity (Wildman–Crippen MR) is 140 cm³/mol. The molecule has 4 rings (SSSR count). The number of aromatic nitrogens is 1. The van der Waals surface area contributed by atoms with Crippen molar-refractivity contribution in [1.29, 1.82) is 0 Å². The Morgan fingerprint density at radius 2 is 1.94 bits per heavy atom. The molecule has 0 aliphatic rings. The van der Waals surface area contributed by atoms with Gasteiger partial charge in [0, 0.05) is 47.4 Å². The maximum absolute atomic E-state index is 13.7. The summed E-state index contributed by atoms with van der Waals surface area (Å²) in [6.45, 7) is 2.75. The van der Waals surface area contributed by atoms with Crippen LogP contribution in [0.2, 0.25) is 10.0 Å². The number of furan rings is 1. The fourth-order valence-corrected chi connectivity index (χ4v) is 5.09. The van der Waals surface area contributed by atoms with E-state index >= 15 is 0 Å². The standard InChI is InChI=1S/C24H22Cl2N4O4S/c1-3-4-9-29-35-30(21-16(25)11-28-12-17(21)26)24(32)13-5-7-18-15(10-13)20-14(23(27)31)6-8-19(33-2)22(20)34-18/h5-8,10-12,29H,3-4,9H2,1-2H3,(H2,27,31). The largest absolute Gasteiger partial charge is 0.493 e. The van der Waals surface area contributed by atoms with Crippen molar-refractivity contribution in [2.45, 2.75) is 19.8 Å². The number of amides is 2. The first-order valence-electron chi connectivity index (χ1n) is 10.7. The van der Waals surface area contributed by atoms with Crippen LogP contribution in [-0.2, 0) is 0 Å². The van der Waals surface area contributed by atoms with E-state index in [0.717, 1.165) is 25.0 Å². The van der Waals surface area contributed by atoms with Crippen LogP contribution < -0.4 is 19.5 Å². The average molecular weight is 533 g/mol. The summed E-state index contributed by atoms with van der Waals surface area (Å²) in [5.74, 6) is -0.555. The van der Waals surface area contributed by atoms with Crippen LogP contribution in [0.4, 0.5) is 5.69 Å². The van der Waals surface area contributed by atoms with Crippen molar-refractivity contribution in [1.82, 2.24) is 9.71 Å². The predicted octanol–water partition coefficient (Wildman–Crippen LogP) is 6.00. The lowest BCUT2D eigenvalue weighted by atomic mass is 10.0. The molecule has 0 unspecified atom stereocenters. The maximum atomic E-state index is 13.7. The fraction of sp³-hybridized carbons (Fsp3) is 0.208. The number of pyridine rings is 1. The number of fused-ring (bicyclic) bond motifs is 3. The third-order valence-electron chi connectivity index (χ3n) is 5.32. The number of primary amides is 1. The monoisotopic (exact) mass is 532 g/mol. The van der Waals surface area contributed by atoms with Gasteiger partial charge in [-0.1, -0.05) is 36.5 Å². The second kappa shape index (κ2) is 10.7. The minimum atomic E-state index is -0.621. The van der Waals surface area contributed by atoms with Gasteiger partial charge in [-0.2, -0.15) is 0 Å². The van der Waals surface area contributed by atoms with E-state index in [2.05, 4.69) is 16.6 Å². The first kappa shape index (κ1) is 25.1. The van der Waals surface area contributed by atoms with Gasteiger partial charge >= 0.3 is 0 Å². The Labute approximate surface area is 216 Å². The van der Waals surface area contributed by atoms with Crippen LogP contribution in [0.1, 0.15) is 40.5 Å². The number of unbranched alkanes of at least 4 members (excludes halogenated alkanes) is 1. The second-order valence-electron chi connectivity index (χ2n) is 7.59. The minimum Gasteiger partial charge on any atom is -0.493 e. The van der Waals surface area contributed by atoms with Crippen molar-refractivity contribution in [3.05, 3.63) is 63.9 Å². The van der Waals surface area contributed by atoms with Gasteiger partial charge in [0.15, 0.2) is 11.3 Å². The molecule has 2 aromatic heterocycles. The molecule has 0 radical (unpaired) electrons. The number of nitrogens with one attached hydrogen (secondary N) is 1. The molecule has 4 aromatic rings. The Hall–Kier alpha value is -2.98. The van der Waals surface area contributed by atoms with Crippen LogP contribution >= 0.6 is 35.3 Å². The van der Waals surface area contributed by atoms with E-state index in [4.69, 9.17) is 38.1 Å². The summed E-state index contributed by atoms with van der Waals surface area (Å²) in [5.41, 5.74) is 7.37. The van der Waals surface area contributed by atoms with Gasteiger partial charge in [0.05, 0.1) is 28.4 Å². The highest BCUT2D eigenvalue weighted by Crippen LogP contribution is 2.39. The zero-order valence-electron chi connectivity index (χ0n) is 18.9. The lowest BCUT2D eigenvalue weighted by molar-refractivity contribution is 0.0996. The van der Waals surface area contributed by atoms with Crippen LogP contribution in [0.25, 0.3) is 21.9 Å². The maximum Gasteiger partial charge on any atom is 0.269 e. The van der Waals surface area contributed by atoms with Crippen molar-refractivity contribution in [3.8, 4) is 5.75 Å². The normalized spacial score (nSPS) is 11.2. The summed E-state index contributed by atoms with van der Waals surface area (Å²) in [6, 6.07) is 8.13. The van der Waals surface area contributed by atoms with E-state index < -0.39 is 5.91 Å². The molecule has 0 saturated heterocycles. The fourth-order valence-electron chi connectivity index (χ4n) is 3.62. The van der Waals surface area contributed by atoms with Gasteiger partial charge in [-0.15, -0.1) is 0 Å². The van der Waals surface area contributed by atoms with Gasteiger partial charge in [-0.05, 0) is 36.8 Å². The number of halogens is 2. The van der Waals surface area contributed by atoms with Crippen LogP contribution in [-0.4, -0.2) is 30.5 Å². The number of methoxy groups -OCH3 is 1. The summed E-state index contributed by atoms with van der Waals surface area (Å²) in [4.78, 5) is 29.8. The van der Waals surface area contributed by atoms with Crippen LogP contribution in [0, 0.1) is 0 Å². The average Bonchev–Trinajstić information content (AvgIpc) is 3.23. The molecule has 0 spiro atoms. The molecule has 0 saturated carbocycles. The first-order valence-corrected chi connectivity index (χ1v) is 12.3. The minimum absolute atomic E-state index is 0.228. The molecule has 0 bridgehead atoms. The Morgan fingerprint density at radius 1 is 1.20 bits per heavy atom. The summed E-state index contributed by atoms with van der Waals surface area (Å²) < 4.78 is 15.9. The van der Waals surface area contributed by atoms with Crippen molar-refractivity contribution in [2.75, 3.05) is 18.0 Å². The van der Waals surface area contributed by atoms with Gasteiger partial charge in [-0.3, -0.25) is 14.6 Å². The Balaban J connectivity index is 1.84. The summed E-state index contributed by atoms with van der Waals surface area (Å²) in [7, 11) is 1.50. The number of nitrogens with zero attached hydrogens (tertiary/aromatic N) is 2. The van der Waals surface area contributed by atoms with E-state index in [-0.39, 0.29) is 21.5 Å². The van der Waals surface area contributed by atoms with E-state index in [1.54, 1.807) is 30.3 Å². The van der Waals surface area contributed by atoms with Crippen LogP contribution in [0.5, 0.6) is 5.75 Å². The molecule has 182 valence electrons. The van der Waals surface area contributed by atoms with E-state index in [1.165, 1.54) is 23.8 Å². The summed E-state index contributed by atoms with van der Waals surface area (Å²) >= 11 is 13.8. The number of benzene rings is 2. The molecule has 3 N–H and O–H groups in total. The molecule has 0 atom stereocenters. The highest BCUT2D eigenvalue weighted by molar-refractivity contribution is 7.99. The molecule has 11 heteroatoms.